The van der Waals surface area contributed by atoms with Gasteiger partial charge in [0.1, 0.15) is 0 Å². The van der Waals surface area contributed by atoms with Gasteiger partial charge in [-0.3, -0.25) is 0 Å². The molecule has 1 aliphatic rings. The molecule has 0 amide bonds. The third-order valence-electron chi connectivity index (χ3n) is 4.22. The smallest absolute Gasteiger partial charge is 0.0412 e. The van der Waals surface area contributed by atoms with Gasteiger partial charge in [0, 0.05) is 31.4 Å². The summed E-state index contributed by atoms with van der Waals surface area (Å²) in [7, 11) is 0. The normalized spacial score (nSPS) is 20.8. The van der Waals surface area contributed by atoms with Crippen LogP contribution in [0.3, 0.4) is 0 Å². The van der Waals surface area contributed by atoms with Gasteiger partial charge in [-0.05, 0) is 24.0 Å². The zero-order chi connectivity index (χ0) is 13.7. The van der Waals surface area contributed by atoms with Crippen LogP contribution in [0.2, 0.25) is 0 Å². The molecule has 19 heavy (non-hydrogen) atoms. The minimum absolute atomic E-state index is 0.626. The van der Waals surface area contributed by atoms with Crippen molar-refractivity contribution in [3.63, 3.8) is 0 Å². The predicted octanol–water partition coefficient (Wildman–Crippen LogP) is 3.81. The van der Waals surface area contributed by atoms with E-state index < -0.39 is 0 Å². The second-order valence-electron chi connectivity index (χ2n) is 5.91. The molecule has 1 N–H and O–H groups in total. The van der Waals surface area contributed by atoms with Gasteiger partial charge in [-0.1, -0.05) is 51.8 Å². The van der Waals surface area contributed by atoms with Gasteiger partial charge < -0.3 is 10.2 Å². The zero-order valence-electron chi connectivity index (χ0n) is 12.7. The van der Waals surface area contributed by atoms with Crippen molar-refractivity contribution in [1.82, 2.24) is 5.32 Å². The Balaban J connectivity index is 2.19. The van der Waals surface area contributed by atoms with Crippen LogP contribution in [0.15, 0.2) is 24.3 Å². The van der Waals surface area contributed by atoms with E-state index in [4.69, 9.17) is 0 Å². The van der Waals surface area contributed by atoms with E-state index in [1.54, 1.807) is 0 Å². The van der Waals surface area contributed by atoms with Gasteiger partial charge in [0.25, 0.3) is 0 Å². The molecule has 1 heterocycles. The van der Waals surface area contributed by atoms with Crippen molar-refractivity contribution in [2.45, 2.75) is 52.6 Å². The van der Waals surface area contributed by atoms with Crippen LogP contribution >= 0.6 is 0 Å². The molecule has 1 aromatic rings. The van der Waals surface area contributed by atoms with E-state index in [9.17, 15) is 0 Å². The third-order valence-corrected chi connectivity index (χ3v) is 4.22. The van der Waals surface area contributed by atoms with Crippen molar-refractivity contribution in [3.8, 4) is 0 Å². The lowest BCUT2D eigenvalue weighted by Gasteiger charge is -2.30. The van der Waals surface area contributed by atoms with E-state index in [2.05, 4.69) is 55.3 Å². The monoisotopic (exact) mass is 260 g/mol. The summed E-state index contributed by atoms with van der Waals surface area (Å²) in [6.45, 7) is 10.3. The van der Waals surface area contributed by atoms with Crippen LogP contribution in [-0.2, 0) is 6.54 Å². The van der Waals surface area contributed by atoms with Crippen LogP contribution in [0.4, 0.5) is 5.69 Å². The van der Waals surface area contributed by atoms with E-state index in [1.165, 1.54) is 37.1 Å². The molecule has 0 saturated carbocycles. The average molecular weight is 260 g/mol. The molecule has 0 fully saturated rings. The summed E-state index contributed by atoms with van der Waals surface area (Å²) in [6.07, 6.45) is 3.78. The Morgan fingerprint density at radius 3 is 2.84 bits per heavy atom. The van der Waals surface area contributed by atoms with Crippen LogP contribution in [0.5, 0.6) is 0 Å². The van der Waals surface area contributed by atoms with Gasteiger partial charge >= 0.3 is 0 Å². The number of para-hydroxylation sites is 1. The summed E-state index contributed by atoms with van der Waals surface area (Å²) < 4.78 is 0. The van der Waals surface area contributed by atoms with Crippen LogP contribution < -0.4 is 10.2 Å². The van der Waals surface area contributed by atoms with E-state index in [1.807, 2.05) is 0 Å². The SMILES string of the molecule is CCCC1CN(CC(C)CC)c2ccccc2CN1. The maximum Gasteiger partial charge on any atom is 0.0412 e. The topological polar surface area (TPSA) is 15.3 Å². The van der Waals surface area contributed by atoms with Crippen molar-refractivity contribution in [3.05, 3.63) is 29.8 Å². The molecular weight excluding hydrogens is 232 g/mol. The summed E-state index contributed by atoms with van der Waals surface area (Å²) in [4.78, 5) is 2.60. The van der Waals surface area contributed by atoms with Crippen molar-refractivity contribution in [2.24, 2.45) is 5.92 Å². The fourth-order valence-corrected chi connectivity index (χ4v) is 2.87. The molecule has 0 radical (unpaired) electrons. The number of nitrogens with zero attached hydrogens (tertiary/aromatic N) is 1. The van der Waals surface area contributed by atoms with Crippen molar-refractivity contribution < 1.29 is 0 Å². The Bertz CT molecular complexity index is 389. The molecule has 106 valence electrons. The number of hydrogen-bond donors (Lipinski definition) is 1. The van der Waals surface area contributed by atoms with Crippen LogP contribution in [-0.4, -0.2) is 19.1 Å². The van der Waals surface area contributed by atoms with E-state index in [0.29, 0.717) is 6.04 Å². The van der Waals surface area contributed by atoms with Gasteiger partial charge in [-0.2, -0.15) is 0 Å². The van der Waals surface area contributed by atoms with Crippen LogP contribution in [0.1, 0.15) is 45.6 Å². The summed E-state index contributed by atoms with van der Waals surface area (Å²) in [6, 6.07) is 9.50. The first-order valence-electron chi connectivity index (χ1n) is 7.80. The number of rotatable bonds is 5. The van der Waals surface area contributed by atoms with Gasteiger partial charge in [-0.25, -0.2) is 0 Å². The van der Waals surface area contributed by atoms with Gasteiger partial charge in [0.15, 0.2) is 0 Å². The predicted molar refractivity (Wildman–Crippen MR) is 83.6 cm³/mol. The first-order chi connectivity index (χ1) is 9.24. The first kappa shape index (κ1) is 14.4. The lowest BCUT2D eigenvalue weighted by Crippen LogP contribution is -2.39. The van der Waals surface area contributed by atoms with E-state index in [0.717, 1.165) is 19.0 Å². The van der Waals surface area contributed by atoms with Crippen molar-refractivity contribution >= 4 is 5.69 Å². The molecule has 0 spiro atoms. The highest BCUT2D eigenvalue weighted by molar-refractivity contribution is 5.54. The van der Waals surface area contributed by atoms with Crippen LogP contribution in [0.25, 0.3) is 0 Å². The number of hydrogen-bond acceptors (Lipinski definition) is 2. The molecule has 2 heteroatoms. The molecule has 0 saturated heterocycles. The van der Waals surface area contributed by atoms with Gasteiger partial charge in [-0.15, -0.1) is 0 Å². The maximum atomic E-state index is 3.72. The van der Waals surface area contributed by atoms with E-state index >= 15 is 0 Å². The summed E-state index contributed by atoms with van der Waals surface area (Å²) in [5, 5.41) is 3.72. The van der Waals surface area contributed by atoms with Crippen molar-refractivity contribution in [2.75, 3.05) is 18.0 Å². The molecule has 2 rings (SSSR count). The highest BCUT2D eigenvalue weighted by Crippen LogP contribution is 2.25. The maximum absolute atomic E-state index is 3.72. The summed E-state index contributed by atoms with van der Waals surface area (Å²) in [5.74, 6) is 0.758. The van der Waals surface area contributed by atoms with Crippen LogP contribution in [0, 0.1) is 5.92 Å². The molecule has 0 bridgehead atoms. The first-order valence-corrected chi connectivity index (χ1v) is 7.80. The number of nitrogens with one attached hydrogen (secondary N) is 1. The highest BCUT2D eigenvalue weighted by atomic mass is 15.2. The molecule has 0 aromatic heterocycles. The van der Waals surface area contributed by atoms with Gasteiger partial charge in [0.05, 0.1) is 0 Å². The Labute approximate surface area is 118 Å². The fraction of sp³-hybridized carbons (Fsp3) is 0.647. The van der Waals surface area contributed by atoms with E-state index in [-0.39, 0.29) is 0 Å². The quantitative estimate of drug-likeness (QED) is 0.866. The minimum Gasteiger partial charge on any atom is -0.369 e. The Morgan fingerprint density at radius 1 is 1.32 bits per heavy atom. The average Bonchev–Trinajstić information content (AvgIpc) is 2.60. The Hall–Kier alpha value is -1.02. The standard InChI is InChI=1S/C17H28N2/c1-4-8-16-13-19(12-14(3)5-2)17-10-7-6-9-15(17)11-18-16/h6-7,9-10,14,16,18H,4-5,8,11-13H2,1-3H3. The molecule has 2 nitrogen and oxygen atoms in total. The lowest BCUT2D eigenvalue weighted by atomic mass is 10.1. The third kappa shape index (κ3) is 3.73. The molecule has 0 aliphatic carbocycles. The molecule has 2 unspecified atom stereocenters. The molecule has 1 aromatic carbocycles. The lowest BCUT2D eigenvalue weighted by molar-refractivity contribution is 0.461. The molecular formula is C17H28N2. The number of benzene rings is 1. The zero-order valence-corrected chi connectivity index (χ0v) is 12.7. The second kappa shape index (κ2) is 6.95. The number of anilines is 1. The van der Waals surface area contributed by atoms with Gasteiger partial charge in [0.2, 0.25) is 0 Å². The largest absolute Gasteiger partial charge is 0.369 e. The van der Waals surface area contributed by atoms with Crippen molar-refractivity contribution in [1.29, 1.82) is 0 Å². The summed E-state index contributed by atoms with van der Waals surface area (Å²) >= 11 is 0. The molecule has 2 atom stereocenters. The Morgan fingerprint density at radius 2 is 2.11 bits per heavy atom. The summed E-state index contributed by atoms with van der Waals surface area (Å²) in [5.41, 5.74) is 2.89. The second-order valence-corrected chi connectivity index (χ2v) is 5.91. The minimum atomic E-state index is 0.626. The molecule has 1 aliphatic heterocycles. The highest BCUT2D eigenvalue weighted by Gasteiger charge is 2.21. The number of fused-ring (bicyclic) bond motifs is 1. The Kier molecular flexibility index (Phi) is 5.26. The fourth-order valence-electron chi connectivity index (χ4n) is 2.87.